The summed E-state index contributed by atoms with van der Waals surface area (Å²) >= 11 is 3.24. The Labute approximate surface area is 156 Å². The number of para-hydroxylation sites is 1. The molecular weight excluding hydrogens is 382 g/mol. The number of aryl methyl sites for hydroxylation is 4. The van der Waals surface area contributed by atoms with Crippen LogP contribution in [0.5, 0.6) is 0 Å². The molecule has 25 heavy (non-hydrogen) atoms. The van der Waals surface area contributed by atoms with Gasteiger partial charge in [0.15, 0.2) is 0 Å². The standard InChI is InChI=1S/C20H24BrNO3/c1-5-9-15-16(19(23)17(21)12(4)25-15)20(24)22-18-13(6-2)10-8-11-14(18)7-3/h8,10-11H,5-7,9H2,1-4H3,(H,22,24). The molecule has 0 atom stereocenters. The molecule has 0 unspecified atom stereocenters. The predicted molar refractivity (Wildman–Crippen MR) is 105 cm³/mol. The molecule has 2 rings (SSSR count). The summed E-state index contributed by atoms with van der Waals surface area (Å²) in [7, 11) is 0. The zero-order valence-electron chi connectivity index (χ0n) is 15.2. The quantitative estimate of drug-likeness (QED) is 0.731. The Hall–Kier alpha value is -1.88. The van der Waals surface area contributed by atoms with Crippen LogP contribution in [0.3, 0.4) is 0 Å². The zero-order valence-corrected chi connectivity index (χ0v) is 16.7. The van der Waals surface area contributed by atoms with Crippen molar-refractivity contribution in [1.82, 2.24) is 0 Å². The molecule has 1 aromatic heterocycles. The molecule has 4 nitrogen and oxygen atoms in total. The minimum Gasteiger partial charge on any atom is -0.464 e. The number of carbonyl (C=O) groups excluding carboxylic acids is 1. The number of carbonyl (C=O) groups is 1. The second kappa shape index (κ2) is 8.48. The number of benzene rings is 1. The summed E-state index contributed by atoms with van der Waals surface area (Å²) in [6, 6.07) is 5.98. The predicted octanol–water partition coefficient (Wildman–Crippen LogP) is 5.04. The first-order chi connectivity index (χ1) is 11.9. The third-order valence-corrected chi connectivity index (χ3v) is 5.15. The molecule has 0 aliphatic carbocycles. The maximum Gasteiger partial charge on any atom is 0.263 e. The lowest BCUT2D eigenvalue weighted by molar-refractivity contribution is 0.102. The summed E-state index contributed by atoms with van der Waals surface area (Å²) in [5, 5.41) is 2.96. The van der Waals surface area contributed by atoms with E-state index in [9.17, 15) is 9.59 Å². The normalized spacial score (nSPS) is 10.8. The van der Waals surface area contributed by atoms with Gasteiger partial charge in [-0.05, 0) is 53.2 Å². The molecule has 0 aliphatic heterocycles. The molecule has 134 valence electrons. The molecule has 1 aromatic carbocycles. The molecule has 0 saturated carbocycles. The smallest absolute Gasteiger partial charge is 0.263 e. The average Bonchev–Trinajstić information content (AvgIpc) is 2.60. The van der Waals surface area contributed by atoms with Gasteiger partial charge in [-0.1, -0.05) is 39.0 Å². The number of anilines is 1. The topological polar surface area (TPSA) is 59.3 Å². The van der Waals surface area contributed by atoms with E-state index in [-0.39, 0.29) is 11.0 Å². The van der Waals surface area contributed by atoms with Gasteiger partial charge in [0.2, 0.25) is 5.43 Å². The van der Waals surface area contributed by atoms with Crippen LogP contribution in [0, 0.1) is 6.92 Å². The Bertz CT molecular complexity index is 817. The summed E-state index contributed by atoms with van der Waals surface area (Å²) in [4.78, 5) is 25.6. The van der Waals surface area contributed by atoms with E-state index in [1.54, 1.807) is 6.92 Å². The fraction of sp³-hybridized carbons (Fsp3) is 0.400. The van der Waals surface area contributed by atoms with Crippen molar-refractivity contribution >= 4 is 27.5 Å². The van der Waals surface area contributed by atoms with Gasteiger partial charge < -0.3 is 9.73 Å². The number of nitrogens with one attached hydrogen (secondary N) is 1. The van der Waals surface area contributed by atoms with Crippen molar-refractivity contribution in [3.8, 4) is 0 Å². The first-order valence-electron chi connectivity index (χ1n) is 8.68. The second-order valence-electron chi connectivity index (χ2n) is 5.96. The first kappa shape index (κ1) is 19.4. The lowest BCUT2D eigenvalue weighted by atomic mass is 10.0. The third-order valence-electron chi connectivity index (χ3n) is 4.23. The molecule has 1 heterocycles. The van der Waals surface area contributed by atoms with Gasteiger partial charge in [-0.15, -0.1) is 0 Å². The molecule has 5 heteroatoms. The van der Waals surface area contributed by atoms with E-state index < -0.39 is 5.91 Å². The monoisotopic (exact) mass is 405 g/mol. The van der Waals surface area contributed by atoms with Crippen molar-refractivity contribution in [2.75, 3.05) is 5.32 Å². The summed E-state index contributed by atoms with van der Waals surface area (Å²) in [6.07, 6.45) is 2.94. The van der Waals surface area contributed by atoms with Gasteiger partial charge in [0, 0.05) is 12.1 Å². The average molecular weight is 406 g/mol. The zero-order chi connectivity index (χ0) is 18.6. The van der Waals surface area contributed by atoms with Crippen molar-refractivity contribution in [2.45, 2.75) is 53.4 Å². The molecule has 0 aliphatic rings. The number of hydrogen-bond acceptors (Lipinski definition) is 3. The Balaban J connectivity index is 2.53. The molecule has 1 N–H and O–H groups in total. The van der Waals surface area contributed by atoms with Crippen LogP contribution >= 0.6 is 15.9 Å². The maximum absolute atomic E-state index is 12.9. The van der Waals surface area contributed by atoms with Gasteiger partial charge in [0.05, 0.1) is 0 Å². The Morgan fingerprint density at radius 1 is 1.16 bits per heavy atom. The summed E-state index contributed by atoms with van der Waals surface area (Å²) < 4.78 is 6.03. The van der Waals surface area contributed by atoms with Crippen molar-refractivity contribution in [3.05, 3.63) is 61.1 Å². The fourth-order valence-electron chi connectivity index (χ4n) is 2.89. The molecule has 0 radical (unpaired) electrons. The summed E-state index contributed by atoms with van der Waals surface area (Å²) in [5.74, 6) is 0.527. The highest BCUT2D eigenvalue weighted by atomic mass is 79.9. The van der Waals surface area contributed by atoms with Gasteiger partial charge in [0.1, 0.15) is 21.6 Å². The van der Waals surface area contributed by atoms with Crippen LogP contribution in [-0.2, 0) is 19.3 Å². The van der Waals surface area contributed by atoms with Crippen molar-refractivity contribution in [1.29, 1.82) is 0 Å². The molecule has 0 spiro atoms. The highest BCUT2D eigenvalue weighted by Crippen LogP contribution is 2.24. The van der Waals surface area contributed by atoms with Crippen LogP contribution in [0.1, 0.15) is 60.2 Å². The van der Waals surface area contributed by atoms with Gasteiger partial charge in [0.25, 0.3) is 5.91 Å². The molecule has 0 saturated heterocycles. The molecule has 0 bridgehead atoms. The minimum absolute atomic E-state index is 0.0901. The first-order valence-corrected chi connectivity index (χ1v) is 9.47. The van der Waals surface area contributed by atoms with Gasteiger partial charge in [-0.25, -0.2) is 0 Å². The maximum atomic E-state index is 12.9. The fourth-order valence-corrected chi connectivity index (χ4v) is 3.17. The van der Waals surface area contributed by atoms with Gasteiger partial charge in [-0.3, -0.25) is 9.59 Å². The SMILES string of the molecule is CCCc1oc(C)c(Br)c(=O)c1C(=O)Nc1c(CC)cccc1CC. The van der Waals surface area contributed by atoms with E-state index in [0.29, 0.717) is 22.4 Å². The summed E-state index contributed by atoms with van der Waals surface area (Å²) in [5.41, 5.74) is 2.68. The van der Waals surface area contributed by atoms with Gasteiger partial charge in [-0.2, -0.15) is 0 Å². The van der Waals surface area contributed by atoms with E-state index in [1.165, 1.54) is 0 Å². The van der Waals surface area contributed by atoms with Crippen molar-refractivity contribution in [2.24, 2.45) is 0 Å². The highest BCUT2D eigenvalue weighted by molar-refractivity contribution is 9.10. The second-order valence-corrected chi connectivity index (χ2v) is 6.76. The van der Waals surface area contributed by atoms with Crippen molar-refractivity contribution in [3.63, 3.8) is 0 Å². The third kappa shape index (κ3) is 4.03. The van der Waals surface area contributed by atoms with Crippen LogP contribution in [0.15, 0.2) is 31.9 Å². The largest absolute Gasteiger partial charge is 0.464 e. The van der Waals surface area contributed by atoms with Crippen molar-refractivity contribution < 1.29 is 9.21 Å². The Morgan fingerprint density at radius 3 is 2.28 bits per heavy atom. The van der Waals surface area contributed by atoms with E-state index >= 15 is 0 Å². The van der Waals surface area contributed by atoms with E-state index in [2.05, 4.69) is 21.2 Å². The lowest BCUT2D eigenvalue weighted by Crippen LogP contribution is -2.25. The highest BCUT2D eigenvalue weighted by Gasteiger charge is 2.22. The number of rotatable bonds is 6. The van der Waals surface area contributed by atoms with Crippen LogP contribution in [0.25, 0.3) is 0 Å². The lowest BCUT2D eigenvalue weighted by Gasteiger charge is -2.15. The van der Waals surface area contributed by atoms with E-state index in [4.69, 9.17) is 4.42 Å². The number of hydrogen-bond donors (Lipinski definition) is 1. The molecular formula is C20H24BrNO3. The minimum atomic E-state index is -0.409. The Kier molecular flexibility index (Phi) is 6.59. The molecule has 1 amide bonds. The van der Waals surface area contributed by atoms with Crippen LogP contribution in [0.2, 0.25) is 0 Å². The van der Waals surface area contributed by atoms with Gasteiger partial charge >= 0.3 is 0 Å². The van der Waals surface area contributed by atoms with E-state index in [0.717, 1.165) is 36.1 Å². The number of halogens is 1. The van der Waals surface area contributed by atoms with Crippen LogP contribution in [0.4, 0.5) is 5.69 Å². The molecule has 2 aromatic rings. The van der Waals surface area contributed by atoms with E-state index in [1.807, 2.05) is 39.0 Å². The van der Waals surface area contributed by atoms with Crippen LogP contribution in [-0.4, -0.2) is 5.91 Å². The summed E-state index contributed by atoms with van der Waals surface area (Å²) in [6.45, 7) is 7.79. The number of amides is 1. The van der Waals surface area contributed by atoms with Crippen LogP contribution < -0.4 is 10.7 Å². The Morgan fingerprint density at radius 2 is 1.76 bits per heavy atom. The molecule has 0 fully saturated rings.